The van der Waals surface area contributed by atoms with Gasteiger partial charge in [-0.3, -0.25) is 4.79 Å². The average molecular weight is 263 g/mol. The second-order valence-corrected chi connectivity index (χ2v) is 4.59. The quantitative estimate of drug-likeness (QED) is 0.920. The fraction of sp³-hybridized carbons (Fsp3) is 0.357. The highest BCUT2D eigenvalue weighted by Crippen LogP contribution is 2.34. The number of aromatic nitrogens is 1. The summed E-state index contributed by atoms with van der Waals surface area (Å²) < 4.78 is 12.1. The van der Waals surface area contributed by atoms with E-state index in [2.05, 4.69) is 0 Å². The zero-order valence-electron chi connectivity index (χ0n) is 11.4. The lowest BCUT2D eigenvalue weighted by molar-refractivity contribution is 0.233. The number of fused-ring (bicyclic) bond motifs is 1. The van der Waals surface area contributed by atoms with Crippen LogP contribution in [0, 0.1) is 0 Å². The van der Waals surface area contributed by atoms with Crippen LogP contribution in [0.2, 0.25) is 0 Å². The standard InChI is InChI=1S/C14H17NO4/c1-8(2)19-13-10-6-5-9(18-4)7-11(10)15(3)14(17)12(13)16/h5-8,16H,1-4H3. The predicted molar refractivity (Wildman–Crippen MR) is 73.2 cm³/mol. The Balaban J connectivity index is 2.83. The molecule has 1 N–H and O–H groups in total. The lowest BCUT2D eigenvalue weighted by Gasteiger charge is -2.16. The van der Waals surface area contributed by atoms with E-state index in [1.54, 1.807) is 32.4 Å². The molecule has 0 spiro atoms. The maximum atomic E-state index is 12.0. The Hall–Kier alpha value is -2.17. The van der Waals surface area contributed by atoms with Crippen molar-refractivity contribution >= 4 is 10.9 Å². The molecule has 0 radical (unpaired) electrons. The van der Waals surface area contributed by atoms with Crippen LogP contribution in [-0.2, 0) is 7.05 Å². The van der Waals surface area contributed by atoms with Crippen LogP contribution in [0.3, 0.4) is 0 Å². The molecule has 0 aliphatic rings. The van der Waals surface area contributed by atoms with Gasteiger partial charge < -0.3 is 19.1 Å². The average Bonchev–Trinajstić information content (AvgIpc) is 2.40. The Morgan fingerprint density at radius 3 is 2.58 bits per heavy atom. The molecule has 0 fully saturated rings. The smallest absolute Gasteiger partial charge is 0.296 e. The van der Waals surface area contributed by atoms with Crippen LogP contribution < -0.4 is 15.0 Å². The summed E-state index contributed by atoms with van der Waals surface area (Å²) in [5, 5.41) is 10.6. The Morgan fingerprint density at radius 2 is 2.00 bits per heavy atom. The SMILES string of the molecule is COc1ccc2c(OC(C)C)c(O)c(=O)n(C)c2c1. The molecule has 0 saturated heterocycles. The number of pyridine rings is 1. The Kier molecular flexibility index (Phi) is 3.38. The first-order valence-corrected chi connectivity index (χ1v) is 6.02. The third-order valence-electron chi connectivity index (χ3n) is 2.89. The largest absolute Gasteiger partial charge is 0.500 e. The van der Waals surface area contributed by atoms with Gasteiger partial charge in [-0.25, -0.2) is 0 Å². The van der Waals surface area contributed by atoms with Gasteiger partial charge in [-0.1, -0.05) is 0 Å². The highest BCUT2D eigenvalue weighted by atomic mass is 16.5. The van der Waals surface area contributed by atoms with E-state index in [9.17, 15) is 9.90 Å². The molecule has 0 bridgehead atoms. The van der Waals surface area contributed by atoms with Crippen molar-refractivity contribution in [3.05, 3.63) is 28.6 Å². The number of ether oxygens (including phenoxy) is 2. The molecule has 19 heavy (non-hydrogen) atoms. The van der Waals surface area contributed by atoms with Crippen LogP contribution in [0.15, 0.2) is 23.0 Å². The summed E-state index contributed by atoms with van der Waals surface area (Å²) in [5.41, 5.74) is 0.161. The first-order valence-electron chi connectivity index (χ1n) is 6.02. The van der Waals surface area contributed by atoms with Crippen molar-refractivity contribution in [1.82, 2.24) is 4.57 Å². The number of methoxy groups -OCH3 is 1. The van der Waals surface area contributed by atoms with Crippen LogP contribution in [0.1, 0.15) is 13.8 Å². The minimum atomic E-state index is -0.489. The van der Waals surface area contributed by atoms with Gasteiger partial charge in [0.25, 0.3) is 5.56 Å². The molecule has 0 aliphatic heterocycles. The van der Waals surface area contributed by atoms with Crippen LogP contribution in [0.25, 0.3) is 10.9 Å². The predicted octanol–water partition coefficient (Wildman–Crippen LogP) is 2.04. The fourth-order valence-electron chi connectivity index (χ4n) is 1.96. The van der Waals surface area contributed by atoms with Crippen molar-refractivity contribution < 1.29 is 14.6 Å². The van der Waals surface area contributed by atoms with Gasteiger partial charge in [0.2, 0.25) is 5.75 Å². The third-order valence-corrected chi connectivity index (χ3v) is 2.89. The lowest BCUT2D eigenvalue weighted by atomic mass is 10.1. The molecule has 0 saturated carbocycles. The number of hydrogen-bond donors (Lipinski definition) is 1. The van der Waals surface area contributed by atoms with Gasteiger partial charge in [-0.2, -0.15) is 0 Å². The normalized spacial score (nSPS) is 11.0. The van der Waals surface area contributed by atoms with E-state index in [1.807, 2.05) is 13.8 Å². The number of aryl methyl sites for hydroxylation is 1. The summed E-state index contributed by atoms with van der Waals surface area (Å²) in [6, 6.07) is 5.27. The number of nitrogens with zero attached hydrogens (tertiary/aromatic N) is 1. The summed E-state index contributed by atoms with van der Waals surface area (Å²) in [6.07, 6.45) is -0.136. The molecule has 0 unspecified atom stereocenters. The molecule has 1 aromatic carbocycles. The molecule has 2 rings (SSSR count). The van der Waals surface area contributed by atoms with E-state index in [4.69, 9.17) is 9.47 Å². The van der Waals surface area contributed by atoms with Crippen molar-refractivity contribution in [2.45, 2.75) is 20.0 Å². The van der Waals surface area contributed by atoms with Crippen LogP contribution in [0.4, 0.5) is 0 Å². The van der Waals surface area contributed by atoms with Crippen molar-refractivity contribution in [3.63, 3.8) is 0 Å². The summed E-state index contributed by atoms with van der Waals surface area (Å²) in [5.74, 6) is 0.494. The lowest BCUT2D eigenvalue weighted by Crippen LogP contribution is -2.19. The van der Waals surface area contributed by atoms with E-state index in [-0.39, 0.29) is 17.6 Å². The second kappa shape index (κ2) is 4.84. The first kappa shape index (κ1) is 13.3. The van der Waals surface area contributed by atoms with Gasteiger partial charge in [0.1, 0.15) is 5.75 Å². The van der Waals surface area contributed by atoms with E-state index in [0.717, 1.165) is 0 Å². The minimum absolute atomic E-state index is 0.136. The molecule has 0 amide bonds. The number of aromatic hydroxyl groups is 1. The van der Waals surface area contributed by atoms with Gasteiger partial charge in [0.15, 0.2) is 5.75 Å². The molecule has 1 aromatic heterocycles. The van der Waals surface area contributed by atoms with Crippen LogP contribution >= 0.6 is 0 Å². The third kappa shape index (κ3) is 2.23. The van der Waals surface area contributed by atoms with Crippen molar-refractivity contribution in [2.75, 3.05) is 7.11 Å². The molecule has 0 aliphatic carbocycles. The Labute approximate surface area is 111 Å². The molecule has 1 heterocycles. The van der Waals surface area contributed by atoms with Crippen LogP contribution in [-0.4, -0.2) is 22.9 Å². The van der Waals surface area contributed by atoms with E-state index in [0.29, 0.717) is 16.7 Å². The number of hydrogen-bond acceptors (Lipinski definition) is 4. The molecular weight excluding hydrogens is 246 g/mol. The monoisotopic (exact) mass is 263 g/mol. The Morgan fingerprint density at radius 1 is 1.32 bits per heavy atom. The van der Waals surface area contributed by atoms with Crippen molar-refractivity contribution in [2.24, 2.45) is 7.05 Å². The molecule has 5 heteroatoms. The highest BCUT2D eigenvalue weighted by molar-refractivity contribution is 5.88. The van der Waals surface area contributed by atoms with E-state index >= 15 is 0 Å². The van der Waals surface area contributed by atoms with Crippen molar-refractivity contribution in [3.8, 4) is 17.2 Å². The number of benzene rings is 1. The van der Waals surface area contributed by atoms with E-state index in [1.165, 1.54) is 4.57 Å². The van der Waals surface area contributed by atoms with Gasteiger partial charge in [0.05, 0.1) is 18.7 Å². The topological polar surface area (TPSA) is 60.7 Å². The first-order chi connectivity index (χ1) is 8.95. The summed E-state index contributed by atoms with van der Waals surface area (Å²) in [7, 11) is 3.16. The summed E-state index contributed by atoms with van der Waals surface area (Å²) >= 11 is 0. The molecular formula is C14H17NO4. The Bertz CT molecular complexity index is 673. The molecule has 102 valence electrons. The van der Waals surface area contributed by atoms with Gasteiger partial charge in [-0.05, 0) is 26.0 Å². The highest BCUT2D eigenvalue weighted by Gasteiger charge is 2.17. The molecule has 2 aromatic rings. The zero-order valence-corrected chi connectivity index (χ0v) is 11.4. The minimum Gasteiger partial charge on any atom is -0.500 e. The van der Waals surface area contributed by atoms with Crippen molar-refractivity contribution in [1.29, 1.82) is 0 Å². The van der Waals surface area contributed by atoms with Gasteiger partial charge in [0, 0.05) is 18.5 Å². The maximum absolute atomic E-state index is 12.0. The summed E-state index contributed by atoms with van der Waals surface area (Å²) in [6.45, 7) is 3.68. The fourth-order valence-corrected chi connectivity index (χ4v) is 1.96. The van der Waals surface area contributed by atoms with Crippen LogP contribution in [0.5, 0.6) is 17.2 Å². The van der Waals surface area contributed by atoms with Gasteiger partial charge >= 0.3 is 0 Å². The maximum Gasteiger partial charge on any atom is 0.296 e. The van der Waals surface area contributed by atoms with E-state index < -0.39 is 5.56 Å². The summed E-state index contributed by atoms with van der Waals surface area (Å²) in [4.78, 5) is 12.0. The second-order valence-electron chi connectivity index (χ2n) is 4.59. The number of rotatable bonds is 3. The molecule has 0 atom stereocenters. The van der Waals surface area contributed by atoms with Gasteiger partial charge in [-0.15, -0.1) is 0 Å². The molecule has 5 nitrogen and oxygen atoms in total. The zero-order chi connectivity index (χ0) is 14.2.